The Bertz CT molecular complexity index is 908. The number of aromatic nitrogens is 1. The molecule has 2 aromatic carbocycles. The zero-order chi connectivity index (χ0) is 18.5. The number of nitrogens with zero attached hydrogens (tertiary/aromatic N) is 2. The first kappa shape index (κ1) is 17.8. The molecule has 0 atom stereocenters. The molecule has 0 aliphatic rings. The standard InChI is InChI=1S/C20H18F2N2O2/c1-24(13-14-5-4-6-15(21)11-14)20(25)10-9-19-23-12-18(26-19)16-7-2-3-8-17(16)22/h2-8,11-12H,9-10,13H2,1H3. The van der Waals surface area contributed by atoms with Gasteiger partial charge in [-0.15, -0.1) is 0 Å². The lowest BCUT2D eigenvalue weighted by atomic mass is 10.2. The Morgan fingerprint density at radius 1 is 1.15 bits per heavy atom. The van der Waals surface area contributed by atoms with Gasteiger partial charge in [0.05, 0.1) is 11.8 Å². The van der Waals surface area contributed by atoms with Gasteiger partial charge in [0.15, 0.2) is 11.7 Å². The van der Waals surface area contributed by atoms with Crippen molar-refractivity contribution in [1.82, 2.24) is 9.88 Å². The van der Waals surface area contributed by atoms with Gasteiger partial charge in [0.25, 0.3) is 0 Å². The maximum Gasteiger partial charge on any atom is 0.223 e. The van der Waals surface area contributed by atoms with Crippen LogP contribution in [-0.4, -0.2) is 22.8 Å². The summed E-state index contributed by atoms with van der Waals surface area (Å²) < 4.78 is 32.5. The molecule has 134 valence electrons. The van der Waals surface area contributed by atoms with Gasteiger partial charge < -0.3 is 9.32 Å². The van der Waals surface area contributed by atoms with Gasteiger partial charge in [0.2, 0.25) is 5.91 Å². The lowest BCUT2D eigenvalue weighted by Crippen LogP contribution is -2.26. The summed E-state index contributed by atoms with van der Waals surface area (Å²) in [4.78, 5) is 17.9. The third-order valence-corrected chi connectivity index (χ3v) is 3.98. The number of benzene rings is 2. The number of oxazole rings is 1. The summed E-state index contributed by atoms with van der Waals surface area (Å²) in [6, 6.07) is 12.4. The van der Waals surface area contributed by atoms with Crippen molar-refractivity contribution in [3.63, 3.8) is 0 Å². The minimum absolute atomic E-state index is 0.111. The van der Waals surface area contributed by atoms with Crippen molar-refractivity contribution in [1.29, 1.82) is 0 Å². The van der Waals surface area contributed by atoms with E-state index in [0.717, 1.165) is 5.56 Å². The van der Waals surface area contributed by atoms with E-state index >= 15 is 0 Å². The number of hydrogen-bond donors (Lipinski definition) is 0. The SMILES string of the molecule is CN(Cc1cccc(F)c1)C(=O)CCc1ncc(-c2ccccc2F)o1. The van der Waals surface area contributed by atoms with Crippen LogP contribution in [0, 0.1) is 11.6 Å². The lowest BCUT2D eigenvalue weighted by molar-refractivity contribution is -0.130. The number of hydrogen-bond acceptors (Lipinski definition) is 3. The quantitative estimate of drug-likeness (QED) is 0.665. The molecule has 3 aromatic rings. The minimum atomic E-state index is -0.388. The van der Waals surface area contributed by atoms with Gasteiger partial charge in [-0.1, -0.05) is 24.3 Å². The molecule has 1 amide bonds. The summed E-state index contributed by atoms with van der Waals surface area (Å²) in [5.74, 6) is -0.126. The zero-order valence-corrected chi connectivity index (χ0v) is 14.3. The Morgan fingerprint density at radius 2 is 1.96 bits per heavy atom. The highest BCUT2D eigenvalue weighted by molar-refractivity contribution is 5.76. The topological polar surface area (TPSA) is 46.3 Å². The summed E-state index contributed by atoms with van der Waals surface area (Å²) in [6.07, 6.45) is 1.96. The summed E-state index contributed by atoms with van der Waals surface area (Å²) in [5, 5.41) is 0. The molecule has 6 heteroatoms. The Hall–Kier alpha value is -3.02. The molecule has 0 aliphatic heterocycles. The average Bonchev–Trinajstić information content (AvgIpc) is 3.09. The molecular formula is C20H18F2N2O2. The van der Waals surface area contributed by atoms with Crippen molar-refractivity contribution in [2.45, 2.75) is 19.4 Å². The highest BCUT2D eigenvalue weighted by Crippen LogP contribution is 2.23. The molecule has 3 rings (SSSR count). The predicted octanol–water partition coefficient (Wildman–Crippen LogP) is 4.21. The highest BCUT2D eigenvalue weighted by atomic mass is 19.1. The summed E-state index contributed by atoms with van der Waals surface area (Å²) >= 11 is 0. The molecule has 0 fully saturated rings. The van der Waals surface area contributed by atoms with Gasteiger partial charge in [-0.25, -0.2) is 13.8 Å². The van der Waals surface area contributed by atoms with Crippen LogP contribution in [0.15, 0.2) is 59.1 Å². The first-order valence-corrected chi connectivity index (χ1v) is 8.21. The fourth-order valence-electron chi connectivity index (χ4n) is 2.61. The van der Waals surface area contributed by atoms with Crippen LogP contribution in [0.1, 0.15) is 17.9 Å². The van der Waals surface area contributed by atoms with Crippen molar-refractivity contribution in [2.75, 3.05) is 7.05 Å². The predicted molar refractivity (Wildman–Crippen MR) is 93.1 cm³/mol. The van der Waals surface area contributed by atoms with Gasteiger partial charge in [0, 0.05) is 26.4 Å². The molecule has 0 unspecified atom stereocenters. The fourth-order valence-corrected chi connectivity index (χ4v) is 2.61. The van der Waals surface area contributed by atoms with E-state index in [9.17, 15) is 13.6 Å². The van der Waals surface area contributed by atoms with Crippen LogP contribution in [0.2, 0.25) is 0 Å². The van der Waals surface area contributed by atoms with Crippen LogP contribution in [0.25, 0.3) is 11.3 Å². The highest BCUT2D eigenvalue weighted by Gasteiger charge is 2.14. The van der Waals surface area contributed by atoms with E-state index in [1.165, 1.54) is 29.3 Å². The summed E-state index contributed by atoms with van der Waals surface area (Å²) in [6.45, 7) is 0.322. The van der Waals surface area contributed by atoms with Crippen LogP contribution in [-0.2, 0) is 17.8 Å². The van der Waals surface area contributed by atoms with Crippen LogP contribution in [0.3, 0.4) is 0 Å². The third kappa shape index (κ3) is 4.33. The van der Waals surface area contributed by atoms with Crippen LogP contribution >= 0.6 is 0 Å². The second kappa shape index (κ2) is 7.91. The average molecular weight is 356 g/mol. The Kier molecular flexibility index (Phi) is 5.41. The molecule has 0 N–H and O–H groups in total. The molecule has 0 saturated heterocycles. The van der Waals surface area contributed by atoms with Crippen molar-refractivity contribution in [3.8, 4) is 11.3 Å². The van der Waals surface area contributed by atoms with Crippen molar-refractivity contribution < 1.29 is 18.0 Å². The molecule has 0 saturated carbocycles. The second-order valence-corrected chi connectivity index (χ2v) is 5.98. The van der Waals surface area contributed by atoms with Crippen LogP contribution < -0.4 is 0 Å². The van der Waals surface area contributed by atoms with E-state index in [4.69, 9.17) is 4.42 Å². The van der Waals surface area contributed by atoms with Gasteiger partial charge in [-0.05, 0) is 29.8 Å². The van der Waals surface area contributed by atoms with E-state index < -0.39 is 0 Å². The number of rotatable bonds is 6. The number of aryl methyl sites for hydroxylation is 1. The van der Waals surface area contributed by atoms with E-state index in [2.05, 4.69) is 4.98 Å². The maximum absolute atomic E-state index is 13.8. The van der Waals surface area contributed by atoms with Gasteiger partial charge >= 0.3 is 0 Å². The van der Waals surface area contributed by atoms with Crippen molar-refractivity contribution in [3.05, 3.63) is 77.8 Å². The first-order valence-electron chi connectivity index (χ1n) is 8.21. The monoisotopic (exact) mass is 356 g/mol. The van der Waals surface area contributed by atoms with Crippen LogP contribution in [0.5, 0.6) is 0 Å². The number of carbonyl (C=O) groups excluding carboxylic acids is 1. The van der Waals surface area contributed by atoms with Gasteiger partial charge in [-0.3, -0.25) is 4.79 Å². The van der Waals surface area contributed by atoms with E-state index in [0.29, 0.717) is 30.2 Å². The van der Waals surface area contributed by atoms with E-state index in [1.807, 2.05) is 0 Å². The normalized spacial score (nSPS) is 10.7. The fraction of sp³-hybridized carbons (Fsp3) is 0.200. The Labute approximate surface area is 150 Å². The van der Waals surface area contributed by atoms with Crippen molar-refractivity contribution >= 4 is 5.91 Å². The molecular weight excluding hydrogens is 338 g/mol. The van der Waals surface area contributed by atoms with Crippen molar-refractivity contribution in [2.24, 2.45) is 0 Å². The minimum Gasteiger partial charge on any atom is -0.441 e. The molecule has 0 radical (unpaired) electrons. The van der Waals surface area contributed by atoms with Crippen LogP contribution in [0.4, 0.5) is 8.78 Å². The largest absolute Gasteiger partial charge is 0.441 e. The Balaban J connectivity index is 1.57. The molecule has 26 heavy (non-hydrogen) atoms. The number of halogens is 2. The summed E-state index contributed by atoms with van der Waals surface area (Å²) in [5.41, 5.74) is 1.06. The molecule has 4 nitrogen and oxygen atoms in total. The first-order chi connectivity index (χ1) is 12.5. The number of amides is 1. The Morgan fingerprint density at radius 3 is 2.73 bits per heavy atom. The summed E-state index contributed by atoms with van der Waals surface area (Å²) in [7, 11) is 1.66. The van der Waals surface area contributed by atoms with E-state index in [-0.39, 0.29) is 24.0 Å². The van der Waals surface area contributed by atoms with E-state index in [1.54, 1.807) is 37.4 Å². The molecule has 1 heterocycles. The lowest BCUT2D eigenvalue weighted by Gasteiger charge is -2.16. The molecule has 0 aliphatic carbocycles. The van der Waals surface area contributed by atoms with Gasteiger partial charge in [0.1, 0.15) is 11.6 Å². The number of carbonyl (C=O) groups is 1. The second-order valence-electron chi connectivity index (χ2n) is 5.98. The smallest absolute Gasteiger partial charge is 0.223 e. The maximum atomic E-state index is 13.8. The third-order valence-electron chi connectivity index (χ3n) is 3.98. The molecule has 0 spiro atoms. The van der Waals surface area contributed by atoms with Gasteiger partial charge in [-0.2, -0.15) is 0 Å². The molecule has 1 aromatic heterocycles. The molecule has 0 bridgehead atoms. The zero-order valence-electron chi connectivity index (χ0n) is 14.3.